The van der Waals surface area contributed by atoms with E-state index in [-0.39, 0.29) is 47.4 Å². The van der Waals surface area contributed by atoms with E-state index in [9.17, 15) is 28.2 Å². The minimum Gasteiger partial charge on any atom is -0.390 e. The van der Waals surface area contributed by atoms with Crippen LogP contribution in [-0.4, -0.2) is 43.3 Å². The molecule has 0 bridgehead atoms. The van der Waals surface area contributed by atoms with Crippen molar-refractivity contribution in [3.8, 4) is 0 Å². The van der Waals surface area contributed by atoms with Crippen LogP contribution < -0.4 is 5.32 Å². The van der Waals surface area contributed by atoms with E-state index in [0.29, 0.717) is 42.8 Å². The topological polar surface area (TPSA) is 87.4 Å². The Morgan fingerprint density at radius 2 is 1.83 bits per heavy atom. The fourth-order valence-corrected chi connectivity index (χ4v) is 7.10. The first-order valence-electron chi connectivity index (χ1n) is 12.5. The molecule has 2 aromatic rings. The maximum Gasteiger partial charge on any atom is 0.274 e. The van der Waals surface area contributed by atoms with Gasteiger partial charge in [0.25, 0.3) is 12.3 Å². The lowest BCUT2D eigenvalue weighted by Crippen LogP contribution is -2.46. The highest BCUT2D eigenvalue weighted by Crippen LogP contribution is 2.57. The standard InChI is InChI=1S/C26H31ClF3N3O3/c1-33-13-31-21(22(33)23(34)32-18-2-3-20(28)19(27)10-18)14-8-15-11-26(36,12-16(15)9-14)17-4-6-25(35,7-5-17)24(29)30/h2-3,10,13-17,24,35-36H,4-9,11-12H2,1H3,(H,32,34). The maximum atomic E-state index is 13.5. The zero-order valence-electron chi connectivity index (χ0n) is 20.1. The number of aromatic nitrogens is 2. The number of nitrogens with zero attached hydrogens (tertiary/aromatic N) is 2. The van der Waals surface area contributed by atoms with E-state index >= 15 is 0 Å². The number of amides is 1. The van der Waals surface area contributed by atoms with Crippen LogP contribution >= 0.6 is 11.6 Å². The van der Waals surface area contributed by atoms with Crippen molar-refractivity contribution in [2.45, 2.75) is 74.9 Å². The molecule has 36 heavy (non-hydrogen) atoms. The molecule has 5 rings (SSSR count). The predicted octanol–water partition coefficient (Wildman–Crippen LogP) is 5.29. The molecule has 0 aliphatic heterocycles. The molecule has 1 heterocycles. The summed E-state index contributed by atoms with van der Waals surface area (Å²) in [5.74, 6) is -0.395. The Morgan fingerprint density at radius 3 is 2.42 bits per heavy atom. The van der Waals surface area contributed by atoms with Gasteiger partial charge in [0.15, 0.2) is 0 Å². The van der Waals surface area contributed by atoms with Crippen LogP contribution in [0.2, 0.25) is 5.02 Å². The van der Waals surface area contributed by atoms with E-state index in [1.54, 1.807) is 17.9 Å². The molecule has 3 saturated carbocycles. The van der Waals surface area contributed by atoms with E-state index in [2.05, 4.69) is 10.3 Å². The van der Waals surface area contributed by atoms with E-state index in [4.69, 9.17) is 11.6 Å². The third-order valence-corrected chi connectivity index (χ3v) is 9.12. The Hall–Kier alpha value is -2.10. The van der Waals surface area contributed by atoms with E-state index in [1.807, 2.05) is 0 Å². The summed E-state index contributed by atoms with van der Waals surface area (Å²) in [6.07, 6.45) is 2.47. The normalized spacial score (nSPS) is 34.2. The molecule has 196 valence electrons. The number of aliphatic hydroxyl groups is 2. The van der Waals surface area contributed by atoms with Crippen molar-refractivity contribution in [2.24, 2.45) is 24.8 Å². The summed E-state index contributed by atoms with van der Waals surface area (Å²) in [7, 11) is 1.75. The Balaban J connectivity index is 1.25. The molecule has 10 heteroatoms. The minimum absolute atomic E-state index is 0.0152. The van der Waals surface area contributed by atoms with Gasteiger partial charge in [0, 0.05) is 18.7 Å². The van der Waals surface area contributed by atoms with Gasteiger partial charge in [0.1, 0.15) is 17.1 Å². The lowest BCUT2D eigenvalue weighted by atomic mass is 9.70. The number of alkyl halides is 2. The lowest BCUT2D eigenvalue weighted by Gasteiger charge is -2.42. The molecular formula is C26H31ClF3N3O3. The second kappa shape index (κ2) is 9.33. The molecule has 3 fully saturated rings. The number of benzene rings is 1. The zero-order valence-corrected chi connectivity index (χ0v) is 20.8. The molecular weight excluding hydrogens is 495 g/mol. The molecule has 0 radical (unpaired) electrons. The zero-order chi connectivity index (χ0) is 25.8. The summed E-state index contributed by atoms with van der Waals surface area (Å²) in [5, 5.41) is 24.3. The highest BCUT2D eigenvalue weighted by molar-refractivity contribution is 6.31. The van der Waals surface area contributed by atoms with Crippen LogP contribution in [0.1, 0.15) is 73.5 Å². The summed E-state index contributed by atoms with van der Waals surface area (Å²) in [4.78, 5) is 17.6. The number of halogens is 4. The number of rotatable bonds is 5. The summed E-state index contributed by atoms with van der Waals surface area (Å²) in [5.41, 5.74) is -1.29. The molecule has 2 unspecified atom stereocenters. The number of carbonyl (C=O) groups excluding carboxylic acids is 1. The minimum atomic E-state index is -2.76. The number of fused-ring (bicyclic) bond motifs is 1. The first kappa shape index (κ1) is 25.5. The van der Waals surface area contributed by atoms with Crippen LogP contribution in [0.4, 0.5) is 18.9 Å². The first-order valence-corrected chi connectivity index (χ1v) is 12.9. The molecule has 6 nitrogen and oxygen atoms in total. The molecule has 3 N–H and O–H groups in total. The number of nitrogens with one attached hydrogen (secondary N) is 1. The van der Waals surface area contributed by atoms with Gasteiger partial charge in [-0.2, -0.15) is 0 Å². The number of imidazole rings is 1. The first-order chi connectivity index (χ1) is 17.0. The molecule has 1 aromatic heterocycles. The summed E-state index contributed by atoms with van der Waals surface area (Å²) in [6.45, 7) is 0. The average molecular weight is 526 g/mol. The van der Waals surface area contributed by atoms with Crippen LogP contribution in [0, 0.1) is 23.6 Å². The summed E-state index contributed by atoms with van der Waals surface area (Å²) in [6, 6.07) is 4.00. The highest BCUT2D eigenvalue weighted by atomic mass is 35.5. The van der Waals surface area contributed by atoms with Gasteiger partial charge >= 0.3 is 0 Å². The van der Waals surface area contributed by atoms with Gasteiger partial charge < -0.3 is 20.1 Å². The van der Waals surface area contributed by atoms with Crippen molar-refractivity contribution >= 4 is 23.2 Å². The number of anilines is 1. The van der Waals surface area contributed by atoms with Crippen LogP contribution in [-0.2, 0) is 7.05 Å². The van der Waals surface area contributed by atoms with Gasteiger partial charge in [-0.15, -0.1) is 0 Å². The van der Waals surface area contributed by atoms with Gasteiger partial charge in [-0.3, -0.25) is 4.79 Å². The van der Waals surface area contributed by atoms with Gasteiger partial charge in [-0.05, 0) is 87.3 Å². The number of hydrogen-bond acceptors (Lipinski definition) is 4. The summed E-state index contributed by atoms with van der Waals surface area (Å²) < 4.78 is 41.5. The average Bonchev–Trinajstić information content (AvgIpc) is 3.47. The Bertz CT molecular complexity index is 1130. The van der Waals surface area contributed by atoms with Crippen molar-refractivity contribution in [1.29, 1.82) is 0 Å². The number of hydrogen-bond donors (Lipinski definition) is 3. The number of aryl methyl sites for hydroxylation is 1. The van der Waals surface area contributed by atoms with E-state index in [0.717, 1.165) is 12.8 Å². The van der Waals surface area contributed by atoms with Gasteiger partial charge in [-0.25, -0.2) is 18.2 Å². The Kier molecular flexibility index (Phi) is 6.62. The van der Waals surface area contributed by atoms with Crippen LogP contribution in [0.25, 0.3) is 0 Å². The fraction of sp³-hybridized carbons (Fsp3) is 0.615. The highest BCUT2D eigenvalue weighted by Gasteiger charge is 2.54. The quantitative estimate of drug-likeness (QED) is 0.495. The maximum absolute atomic E-state index is 13.5. The molecule has 1 amide bonds. The van der Waals surface area contributed by atoms with Crippen LogP contribution in [0.5, 0.6) is 0 Å². The van der Waals surface area contributed by atoms with Gasteiger partial charge in [0.2, 0.25) is 0 Å². The Morgan fingerprint density at radius 1 is 1.19 bits per heavy atom. The number of carbonyl (C=O) groups is 1. The largest absolute Gasteiger partial charge is 0.390 e. The second-order valence-corrected chi connectivity index (χ2v) is 11.5. The third-order valence-electron chi connectivity index (χ3n) is 8.83. The summed E-state index contributed by atoms with van der Waals surface area (Å²) >= 11 is 5.84. The lowest BCUT2D eigenvalue weighted by molar-refractivity contribution is -0.140. The molecule has 2 atom stereocenters. The fourth-order valence-electron chi connectivity index (χ4n) is 6.92. The van der Waals surface area contributed by atoms with Gasteiger partial charge in [0.05, 0.1) is 22.6 Å². The molecule has 0 saturated heterocycles. The van der Waals surface area contributed by atoms with Crippen molar-refractivity contribution in [3.63, 3.8) is 0 Å². The SMILES string of the molecule is Cn1cnc(C2CC3CC(O)(C4CCC(O)(C(F)F)CC4)CC3C2)c1C(=O)Nc1ccc(F)c(Cl)c1. The molecule has 3 aliphatic rings. The van der Waals surface area contributed by atoms with Gasteiger partial charge in [-0.1, -0.05) is 11.6 Å². The monoisotopic (exact) mass is 525 g/mol. The van der Waals surface area contributed by atoms with Crippen molar-refractivity contribution < 1.29 is 28.2 Å². The van der Waals surface area contributed by atoms with E-state index in [1.165, 1.54) is 18.2 Å². The molecule has 1 aromatic carbocycles. The van der Waals surface area contributed by atoms with Crippen molar-refractivity contribution in [2.75, 3.05) is 5.32 Å². The second-order valence-electron chi connectivity index (χ2n) is 11.1. The van der Waals surface area contributed by atoms with Crippen molar-refractivity contribution in [3.05, 3.63) is 46.8 Å². The Labute approximate surface area is 212 Å². The molecule has 3 aliphatic carbocycles. The third kappa shape index (κ3) is 4.54. The van der Waals surface area contributed by atoms with Crippen LogP contribution in [0.3, 0.4) is 0 Å². The smallest absolute Gasteiger partial charge is 0.274 e. The van der Waals surface area contributed by atoms with Crippen molar-refractivity contribution in [1.82, 2.24) is 9.55 Å². The molecule has 0 spiro atoms. The predicted molar refractivity (Wildman–Crippen MR) is 129 cm³/mol. The van der Waals surface area contributed by atoms with E-state index < -0.39 is 23.4 Å². The van der Waals surface area contributed by atoms with Crippen LogP contribution in [0.15, 0.2) is 24.5 Å².